The molecule has 2 aromatic carbocycles. The summed E-state index contributed by atoms with van der Waals surface area (Å²) in [6, 6.07) is 17.7. The van der Waals surface area contributed by atoms with E-state index in [0.717, 1.165) is 11.3 Å². The van der Waals surface area contributed by atoms with Crippen molar-refractivity contribution in [2.45, 2.75) is 20.1 Å². The van der Waals surface area contributed by atoms with Crippen LogP contribution in [-0.2, 0) is 13.2 Å². The molecule has 0 aliphatic heterocycles. The Morgan fingerprint density at radius 1 is 1.09 bits per heavy atom. The SMILES string of the molecule is Cc1cc(NC(=O)c2ccc(COc3cccc(Cl)c3Cl)o2)nn1Cc1cccc(Cl)c1. The summed E-state index contributed by atoms with van der Waals surface area (Å²) in [6.07, 6.45) is 0. The van der Waals surface area contributed by atoms with Crippen molar-refractivity contribution in [1.29, 1.82) is 0 Å². The van der Waals surface area contributed by atoms with E-state index in [1.807, 2.05) is 31.2 Å². The van der Waals surface area contributed by atoms with Crippen molar-refractivity contribution in [1.82, 2.24) is 9.78 Å². The Labute approximate surface area is 199 Å². The third-order valence-electron chi connectivity index (χ3n) is 4.62. The molecule has 0 atom stereocenters. The lowest BCUT2D eigenvalue weighted by Gasteiger charge is -2.07. The van der Waals surface area contributed by atoms with E-state index in [1.54, 1.807) is 41.1 Å². The fourth-order valence-electron chi connectivity index (χ4n) is 3.04. The van der Waals surface area contributed by atoms with Crippen LogP contribution in [0.1, 0.15) is 27.6 Å². The normalized spacial score (nSPS) is 10.9. The Hall–Kier alpha value is -2.93. The van der Waals surface area contributed by atoms with Gasteiger partial charge in [-0.2, -0.15) is 5.10 Å². The second-order valence-corrected chi connectivity index (χ2v) is 8.24. The number of rotatable bonds is 7. The maximum Gasteiger partial charge on any atom is 0.292 e. The van der Waals surface area contributed by atoms with Crippen LogP contribution < -0.4 is 10.1 Å². The molecule has 4 rings (SSSR count). The molecule has 0 spiro atoms. The van der Waals surface area contributed by atoms with Gasteiger partial charge in [-0.15, -0.1) is 0 Å². The Morgan fingerprint density at radius 2 is 1.91 bits per heavy atom. The molecule has 0 aliphatic rings. The molecule has 9 heteroatoms. The van der Waals surface area contributed by atoms with Crippen LogP contribution in [0.25, 0.3) is 0 Å². The van der Waals surface area contributed by atoms with Crippen molar-refractivity contribution >= 4 is 46.5 Å². The highest BCUT2D eigenvalue weighted by Crippen LogP contribution is 2.32. The zero-order valence-electron chi connectivity index (χ0n) is 16.9. The lowest BCUT2D eigenvalue weighted by molar-refractivity contribution is 0.0992. The number of nitrogens with zero attached hydrogens (tertiary/aromatic N) is 2. The Morgan fingerprint density at radius 3 is 2.72 bits per heavy atom. The van der Waals surface area contributed by atoms with Crippen molar-refractivity contribution in [2.75, 3.05) is 5.32 Å². The van der Waals surface area contributed by atoms with Gasteiger partial charge in [0.05, 0.1) is 11.6 Å². The van der Waals surface area contributed by atoms with Gasteiger partial charge in [0, 0.05) is 16.8 Å². The highest BCUT2D eigenvalue weighted by Gasteiger charge is 2.15. The van der Waals surface area contributed by atoms with E-state index < -0.39 is 5.91 Å². The first-order valence-corrected chi connectivity index (χ1v) is 10.8. The van der Waals surface area contributed by atoms with Gasteiger partial charge in [-0.1, -0.05) is 53.0 Å². The standard InChI is InChI=1S/C23H18Cl3N3O3/c1-14-10-21(28-29(14)12-15-4-2-5-16(24)11-15)27-23(30)20-9-8-17(32-20)13-31-19-7-3-6-18(25)22(19)26/h2-11H,12-13H2,1H3,(H,27,28,30). The Balaban J connectivity index is 1.38. The van der Waals surface area contributed by atoms with Crippen LogP contribution >= 0.6 is 34.8 Å². The van der Waals surface area contributed by atoms with Gasteiger partial charge in [0.15, 0.2) is 11.6 Å². The largest absolute Gasteiger partial charge is 0.484 e. The number of ether oxygens (including phenoxy) is 1. The number of carbonyl (C=O) groups is 1. The predicted molar refractivity (Wildman–Crippen MR) is 125 cm³/mol. The quantitative estimate of drug-likeness (QED) is 0.316. The minimum Gasteiger partial charge on any atom is -0.484 e. The number of aryl methyl sites for hydroxylation is 1. The number of hydrogen-bond acceptors (Lipinski definition) is 4. The Kier molecular flexibility index (Phi) is 6.74. The number of nitrogens with one attached hydrogen (secondary N) is 1. The minimum atomic E-state index is -0.413. The van der Waals surface area contributed by atoms with Crippen molar-refractivity contribution in [2.24, 2.45) is 0 Å². The summed E-state index contributed by atoms with van der Waals surface area (Å²) in [5.74, 6) is 1.05. The van der Waals surface area contributed by atoms with Gasteiger partial charge in [-0.25, -0.2) is 0 Å². The van der Waals surface area contributed by atoms with Crippen molar-refractivity contribution in [3.63, 3.8) is 0 Å². The number of benzene rings is 2. The van der Waals surface area contributed by atoms with Gasteiger partial charge < -0.3 is 14.5 Å². The highest BCUT2D eigenvalue weighted by molar-refractivity contribution is 6.42. The molecule has 32 heavy (non-hydrogen) atoms. The van der Waals surface area contributed by atoms with Crippen LogP contribution in [0.2, 0.25) is 15.1 Å². The van der Waals surface area contributed by atoms with Gasteiger partial charge >= 0.3 is 0 Å². The maximum absolute atomic E-state index is 12.6. The molecule has 2 heterocycles. The van der Waals surface area contributed by atoms with Crippen LogP contribution in [-0.4, -0.2) is 15.7 Å². The summed E-state index contributed by atoms with van der Waals surface area (Å²) in [5, 5.41) is 8.58. The zero-order chi connectivity index (χ0) is 22.7. The molecule has 0 saturated heterocycles. The van der Waals surface area contributed by atoms with Crippen LogP contribution in [0.4, 0.5) is 5.82 Å². The number of amides is 1. The average Bonchev–Trinajstić information content (AvgIpc) is 3.36. The monoisotopic (exact) mass is 489 g/mol. The number of furan rings is 1. The number of halogens is 3. The van der Waals surface area contributed by atoms with Crippen molar-refractivity contribution in [3.8, 4) is 5.75 Å². The molecule has 0 fully saturated rings. The zero-order valence-corrected chi connectivity index (χ0v) is 19.2. The third kappa shape index (κ3) is 5.27. The number of aromatic nitrogens is 2. The summed E-state index contributed by atoms with van der Waals surface area (Å²) < 4.78 is 13.0. The van der Waals surface area contributed by atoms with E-state index in [4.69, 9.17) is 44.0 Å². The smallest absolute Gasteiger partial charge is 0.292 e. The second kappa shape index (κ2) is 9.69. The molecular weight excluding hydrogens is 473 g/mol. The van der Waals surface area contributed by atoms with Crippen LogP contribution in [0.15, 0.2) is 65.1 Å². The van der Waals surface area contributed by atoms with Gasteiger partial charge in [0.2, 0.25) is 0 Å². The summed E-state index contributed by atoms with van der Waals surface area (Å²) >= 11 is 18.1. The van der Waals surface area contributed by atoms with Gasteiger partial charge in [-0.3, -0.25) is 9.48 Å². The molecule has 0 radical (unpaired) electrons. The molecular formula is C23H18Cl3N3O3. The van der Waals surface area contributed by atoms with Crippen LogP contribution in [0.5, 0.6) is 5.75 Å². The molecule has 0 saturated carbocycles. The van der Waals surface area contributed by atoms with Gasteiger partial charge in [0.25, 0.3) is 5.91 Å². The number of hydrogen-bond donors (Lipinski definition) is 1. The fraction of sp³-hybridized carbons (Fsp3) is 0.130. The lowest BCUT2D eigenvalue weighted by atomic mass is 10.2. The van der Waals surface area contributed by atoms with E-state index in [1.165, 1.54) is 0 Å². The Bertz CT molecular complexity index is 1270. The molecule has 0 bridgehead atoms. The first-order chi connectivity index (χ1) is 15.4. The topological polar surface area (TPSA) is 69.3 Å². The van der Waals surface area contributed by atoms with E-state index in [9.17, 15) is 4.79 Å². The molecule has 0 unspecified atom stereocenters. The fourth-order valence-corrected chi connectivity index (χ4v) is 3.60. The summed E-state index contributed by atoms with van der Waals surface area (Å²) in [6.45, 7) is 2.55. The molecule has 4 aromatic rings. The van der Waals surface area contributed by atoms with E-state index in [2.05, 4.69) is 10.4 Å². The summed E-state index contributed by atoms with van der Waals surface area (Å²) in [4.78, 5) is 12.6. The lowest BCUT2D eigenvalue weighted by Crippen LogP contribution is -2.12. The highest BCUT2D eigenvalue weighted by atomic mass is 35.5. The number of carbonyl (C=O) groups excluding carboxylic acids is 1. The third-order valence-corrected chi connectivity index (χ3v) is 5.65. The molecule has 6 nitrogen and oxygen atoms in total. The molecule has 2 aromatic heterocycles. The van der Waals surface area contributed by atoms with Gasteiger partial charge in [0.1, 0.15) is 23.1 Å². The van der Waals surface area contributed by atoms with Crippen LogP contribution in [0, 0.1) is 6.92 Å². The maximum atomic E-state index is 12.6. The first kappa shape index (κ1) is 22.3. The molecule has 164 valence electrons. The molecule has 1 N–H and O–H groups in total. The van der Waals surface area contributed by atoms with Crippen molar-refractivity contribution < 1.29 is 13.9 Å². The summed E-state index contributed by atoms with van der Waals surface area (Å²) in [7, 11) is 0. The van der Waals surface area contributed by atoms with Gasteiger partial charge in [-0.05, 0) is 48.9 Å². The van der Waals surface area contributed by atoms with Crippen LogP contribution in [0.3, 0.4) is 0 Å². The second-order valence-electron chi connectivity index (χ2n) is 7.02. The molecule has 1 amide bonds. The number of anilines is 1. The average molecular weight is 491 g/mol. The first-order valence-electron chi connectivity index (χ1n) is 9.65. The van der Waals surface area contributed by atoms with E-state index in [-0.39, 0.29) is 12.4 Å². The minimum absolute atomic E-state index is 0.0979. The molecule has 0 aliphatic carbocycles. The van der Waals surface area contributed by atoms with E-state index in [0.29, 0.717) is 38.9 Å². The van der Waals surface area contributed by atoms with E-state index >= 15 is 0 Å². The summed E-state index contributed by atoms with van der Waals surface area (Å²) in [5.41, 5.74) is 1.91. The predicted octanol–water partition coefficient (Wildman–Crippen LogP) is 6.62. The van der Waals surface area contributed by atoms with Crippen molar-refractivity contribution in [3.05, 3.63) is 98.5 Å².